The molecule has 3 nitrogen and oxygen atoms in total. The molecule has 1 aromatic rings. The Hall–Kier alpha value is -1.82. The normalized spacial score (nSPS) is 12.6. The number of ether oxygens (including phenoxy) is 1. The minimum atomic E-state index is -0.508. The highest BCUT2D eigenvalue weighted by molar-refractivity contribution is 5.74. The standard InChI is InChI=1S/C15H19NO2/c1-11-5-7-13(8-6-11)18-14(17)12(2)9-15(3,4)10-16/h5-8,12H,9H2,1-4H3. The van der Waals surface area contributed by atoms with Crippen molar-refractivity contribution in [2.24, 2.45) is 11.3 Å². The number of nitrogens with zero attached hydrogens (tertiary/aromatic N) is 1. The van der Waals surface area contributed by atoms with Gasteiger partial charge in [0.05, 0.1) is 17.4 Å². The van der Waals surface area contributed by atoms with Gasteiger partial charge in [-0.05, 0) is 39.3 Å². The van der Waals surface area contributed by atoms with Crippen LogP contribution in [0.3, 0.4) is 0 Å². The molecule has 0 aliphatic heterocycles. The van der Waals surface area contributed by atoms with Crippen LogP contribution in [-0.4, -0.2) is 5.97 Å². The second-order valence-corrected chi connectivity index (χ2v) is 5.34. The highest BCUT2D eigenvalue weighted by atomic mass is 16.5. The van der Waals surface area contributed by atoms with Gasteiger partial charge in [-0.2, -0.15) is 5.26 Å². The average Bonchev–Trinajstić information content (AvgIpc) is 2.31. The minimum absolute atomic E-state index is 0.290. The van der Waals surface area contributed by atoms with Crippen molar-refractivity contribution in [2.45, 2.75) is 34.1 Å². The minimum Gasteiger partial charge on any atom is -0.426 e. The first-order chi connectivity index (χ1) is 8.34. The second-order valence-electron chi connectivity index (χ2n) is 5.34. The summed E-state index contributed by atoms with van der Waals surface area (Å²) in [5.41, 5.74) is 0.611. The van der Waals surface area contributed by atoms with E-state index in [9.17, 15) is 4.79 Å². The van der Waals surface area contributed by atoms with Crippen molar-refractivity contribution in [3.63, 3.8) is 0 Å². The molecule has 0 amide bonds. The molecule has 1 atom stereocenters. The fourth-order valence-electron chi connectivity index (χ4n) is 1.72. The van der Waals surface area contributed by atoms with E-state index in [1.807, 2.05) is 32.9 Å². The number of rotatable bonds is 4. The molecule has 96 valence electrons. The molecule has 1 unspecified atom stereocenters. The highest BCUT2D eigenvalue weighted by Gasteiger charge is 2.25. The summed E-state index contributed by atoms with van der Waals surface area (Å²) in [4.78, 5) is 11.9. The summed E-state index contributed by atoms with van der Waals surface area (Å²) in [5.74, 6) is -0.0321. The van der Waals surface area contributed by atoms with Crippen LogP contribution in [0.4, 0.5) is 0 Å². The topological polar surface area (TPSA) is 50.1 Å². The lowest BCUT2D eigenvalue weighted by Crippen LogP contribution is -2.23. The molecule has 0 aliphatic rings. The maximum atomic E-state index is 11.9. The van der Waals surface area contributed by atoms with E-state index in [2.05, 4.69) is 6.07 Å². The number of nitriles is 1. The first kappa shape index (κ1) is 14.2. The Labute approximate surface area is 108 Å². The summed E-state index contributed by atoms with van der Waals surface area (Å²) in [6.45, 7) is 7.41. The monoisotopic (exact) mass is 245 g/mol. The number of carbonyl (C=O) groups excluding carboxylic acids is 1. The zero-order valence-electron chi connectivity index (χ0n) is 11.4. The summed E-state index contributed by atoms with van der Waals surface area (Å²) >= 11 is 0. The first-order valence-electron chi connectivity index (χ1n) is 6.04. The Morgan fingerprint density at radius 2 is 1.94 bits per heavy atom. The average molecular weight is 245 g/mol. The van der Waals surface area contributed by atoms with Crippen LogP contribution in [0.1, 0.15) is 32.8 Å². The molecule has 0 saturated heterocycles. The van der Waals surface area contributed by atoms with Gasteiger partial charge in [-0.3, -0.25) is 4.79 Å². The maximum absolute atomic E-state index is 11.9. The molecule has 1 rings (SSSR count). The number of hydrogen-bond acceptors (Lipinski definition) is 3. The summed E-state index contributed by atoms with van der Waals surface area (Å²) in [7, 11) is 0. The van der Waals surface area contributed by atoms with E-state index in [1.165, 1.54) is 0 Å². The van der Waals surface area contributed by atoms with Gasteiger partial charge in [0.1, 0.15) is 5.75 Å². The van der Waals surface area contributed by atoms with Crippen LogP contribution in [-0.2, 0) is 4.79 Å². The molecule has 0 bridgehead atoms. The third-order valence-electron chi connectivity index (χ3n) is 2.76. The lowest BCUT2D eigenvalue weighted by Gasteiger charge is -2.19. The number of esters is 1. The summed E-state index contributed by atoms with van der Waals surface area (Å²) in [5, 5.41) is 8.94. The van der Waals surface area contributed by atoms with Gasteiger partial charge < -0.3 is 4.74 Å². The van der Waals surface area contributed by atoms with Gasteiger partial charge in [0.25, 0.3) is 0 Å². The van der Waals surface area contributed by atoms with Crippen molar-refractivity contribution in [3.05, 3.63) is 29.8 Å². The largest absolute Gasteiger partial charge is 0.426 e. The van der Waals surface area contributed by atoms with E-state index in [1.54, 1.807) is 19.1 Å². The molecular formula is C15H19NO2. The lowest BCUT2D eigenvalue weighted by molar-refractivity contribution is -0.139. The fourth-order valence-corrected chi connectivity index (χ4v) is 1.72. The fraction of sp³-hybridized carbons (Fsp3) is 0.467. The molecular weight excluding hydrogens is 226 g/mol. The quantitative estimate of drug-likeness (QED) is 0.602. The highest BCUT2D eigenvalue weighted by Crippen LogP contribution is 2.25. The number of hydrogen-bond donors (Lipinski definition) is 0. The molecule has 0 heterocycles. The molecule has 0 N–H and O–H groups in total. The predicted molar refractivity (Wildman–Crippen MR) is 70.0 cm³/mol. The molecule has 0 spiro atoms. The lowest BCUT2D eigenvalue weighted by atomic mass is 9.85. The molecule has 0 saturated carbocycles. The van der Waals surface area contributed by atoms with Crippen molar-refractivity contribution in [3.8, 4) is 11.8 Å². The van der Waals surface area contributed by atoms with Crippen molar-refractivity contribution in [1.82, 2.24) is 0 Å². The van der Waals surface area contributed by atoms with Gasteiger partial charge in [0.15, 0.2) is 0 Å². The molecule has 0 aromatic heterocycles. The Morgan fingerprint density at radius 1 is 1.39 bits per heavy atom. The summed E-state index contributed by atoms with van der Waals surface area (Å²) < 4.78 is 5.27. The number of aryl methyl sites for hydroxylation is 1. The number of benzene rings is 1. The van der Waals surface area contributed by atoms with Crippen molar-refractivity contribution in [2.75, 3.05) is 0 Å². The Bertz CT molecular complexity index is 454. The van der Waals surface area contributed by atoms with Crippen molar-refractivity contribution < 1.29 is 9.53 Å². The van der Waals surface area contributed by atoms with E-state index in [0.29, 0.717) is 12.2 Å². The number of carbonyl (C=O) groups is 1. The first-order valence-corrected chi connectivity index (χ1v) is 6.04. The Balaban J connectivity index is 2.61. The van der Waals surface area contributed by atoms with Gasteiger partial charge in [-0.1, -0.05) is 24.6 Å². The van der Waals surface area contributed by atoms with Crippen LogP contribution >= 0.6 is 0 Å². The third kappa shape index (κ3) is 4.21. The van der Waals surface area contributed by atoms with Gasteiger partial charge in [-0.15, -0.1) is 0 Å². The van der Waals surface area contributed by atoms with Gasteiger partial charge in [-0.25, -0.2) is 0 Å². The zero-order chi connectivity index (χ0) is 13.8. The van der Waals surface area contributed by atoms with Crippen LogP contribution in [0.25, 0.3) is 0 Å². The molecule has 0 radical (unpaired) electrons. The molecule has 0 fully saturated rings. The van der Waals surface area contributed by atoms with E-state index >= 15 is 0 Å². The molecule has 3 heteroatoms. The van der Waals surface area contributed by atoms with E-state index < -0.39 is 5.41 Å². The van der Waals surface area contributed by atoms with Crippen molar-refractivity contribution >= 4 is 5.97 Å². The van der Waals surface area contributed by atoms with Crippen LogP contribution in [0.15, 0.2) is 24.3 Å². The van der Waals surface area contributed by atoms with Gasteiger partial charge >= 0.3 is 5.97 Å². The molecule has 1 aromatic carbocycles. The molecule has 0 aliphatic carbocycles. The van der Waals surface area contributed by atoms with Crippen LogP contribution < -0.4 is 4.74 Å². The maximum Gasteiger partial charge on any atom is 0.314 e. The molecule has 18 heavy (non-hydrogen) atoms. The Kier molecular flexibility index (Phi) is 4.49. The van der Waals surface area contributed by atoms with Crippen LogP contribution in [0.5, 0.6) is 5.75 Å². The summed E-state index contributed by atoms with van der Waals surface area (Å²) in [6, 6.07) is 9.53. The third-order valence-corrected chi connectivity index (χ3v) is 2.76. The van der Waals surface area contributed by atoms with Crippen LogP contribution in [0, 0.1) is 29.6 Å². The second kappa shape index (κ2) is 5.68. The predicted octanol–water partition coefficient (Wildman–Crippen LogP) is 3.48. The SMILES string of the molecule is Cc1ccc(OC(=O)C(C)CC(C)(C)C#N)cc1. The van der Waals surface area contributed by atoms with E-state index in [-0.39, 0.29) is 11.9 Å². The van der Waals surface area contributed by atoms with Gasteiger partial charge in [0.2, 0.25) is 0 Å². The van der Waals surface area contributed by atoms with E-state index in [4.69, 9.17) is 10.00 Å². The Morgan fingerprint density at radius 3 is 2.44 bits per heavy atom. The van der Waals surface area contributed by atoms with E-state index in [0.717, 1.165) is 5.56 Å². The van der Waals surface area contributed by atoms with Crippen molar-refractivity contribution in [1.29, 1.82) is 5.26 Å². The summed E-state index contributed by atoms with van der Waals surface area (Å²) in [6.07, 6.45) is 0.494. The zero-order valence-corrected chi connectivity index (χ0v) is 11.4. The van der Waals surface area contributed by atoms with Crippen LogP contribution in [0.2, 0.25) is 0 Å². The van der Waals surface area contributed by atoms with Gasteiger partial charge in [0, 0.05) is 0 Å². The smallest absolute Gasteiger partial charge is 0.314 e.